The number of piperidine rings is 1. The van der Waals surface area contributed by atoms with Gasteiger partial charge in [0.05, 0.1) is 5.69 Å². The van der Waals surface area contributed by atoms with Crippen molar-refractivity contribution in [2.75, 3.05) is 13.1 Å². The molecule has 0 bridgehead atoms. The molecule has 1 aromatic carbocycles. The Balaban J connectivity index is 1.82. The van der Waals surface area contributed by atoms with E-state index in [4.69, 9.17) is 5.10 Å². The van der Waals surface area contributed by atoms with E-state index in [0.717, 1.165) is 32.5 Å². The van der Waals surface area contributed by atoms with Crippen LogP contribution in [0, 0.1) is 0 Å². The van der Waals surface area contributed by atoms with E-state index >= 15 is 0 Å². The first-order valence-corrected chi connectivity index (χ1v) is 8.18. The minimum absolute atomic E-state index is 0.638. The van der Waals surface area contributed by atoms with Crippen molar-refractivity contribution in [1.82, 2.24) is 15.1 Å². The van der Waals surface area contributed by atoms with Crippen molar-refractivity contribution >= 4 is 0 Å². The van der Waals surface area contributed by atoms with E-state index in [0.29, 0.717) is 5.92 Å². The van der Waals surface area contributed by atoms with Gasteiger partial charge in [0.15, 0.2) is 0 Å². The molecule has 3 heteroatoms. The Morgan fingerprint density at radius 3 is 2.67 bits per heavy atom. The molecule has 1 aliphatic rings. The average Bonchev–Trinajstić information content (AvgIpc) is 2.93. The van der Waals surface area contributed by atoms with Crippen molar-refractivity contribution in [3.8, 4) is 0 Å². The lowest BCUT2D eigenvalue weighted by atomic mass is 9.94. The monoisotopic (exact) mass is 283 g/mol. The number of benzene rings is 1. The largest absolute Gasteiger partial charge is 0.317 e. The Labute approximate surface area is 127 Å². The van der Waals surface area contributed by atoms with Crippen LogP contribution in [0.25, 0.3) is 0 Å². The summed E-state index contributed by atoms with van der Waals surface area (Å²) in [6.45, 7) is 5.49. The lowest BCUT2D eigenvalue weighted by Crippen LogP contribution is -2.26. The third kappa shape index (κ3) is 3.53. The van der Waals surface area contributed by atoms with Crippen molar-refractivity contribution in [2.45, 2.75) is 45.1 Å². The summed E-state index contributed by atoms with van der Waals surface area (Å²) in [5, 5.41) is 8.34. The Kier molecular flexibility index (Phi) is 4.71. The van der Waals surface area contributed by atoms with Gasteiger partial charge in [-0.25, -0.2) is 0 Å². The molecule has 1 fully saturated rings. The van der Waals surface area contributed by atoms with Crippen LogP contribution in [0.1, 0.15) is 49.1 Å². The Morgan fingerprint density at radius 1 is 1.19 bits per heavy atom. The zero-order valence-corrected chi connectivity index (χ0v) is 12.9. The Hall–Kier alpha value is -1.61. The maximum absolute atomic E-state index is 4.91. The summed E-state index contributed by atoms with van der Waals surface area (Å²) in [5.41, 5.74) is 4.03. The summed E-state index contributed by atoms with van der Waals surface area (Å²) in [7, 11) is 0. The standard InChI is InChI=1S/C18H25N3/c1-2-12-21-17(13-15-6-4-3-5-7-15)14-18(20-21)16-8-10-19-11-9-16/h3-7,14,16,19H,2,8-13H2,1H3. The molecule has 0 amide bonds. The summed E-state index contributed by atoms with van der Waals surface area (Å²) < 4.78 is 2.23. The molecule has 1 aromatic heterocycles. The fraction of sp³-hybridized carbons (Fsp3) is 0.500. The molecule has 3 nitrogen and oxygen atoms in total. The quantitative estimate of drug-likeness (QED) is 0.912. The minimum atomic E-state index is 0.638. The van der Waals surface area contributed by atoms with Gasteiger partial charge in [-0.05, 0) is 44.0 Å². The van der Waals surface area contributed by atoms with Crippen LogP contribution >= 0.6 is 0 Å². The molecular formula is C18H25N3. The average molecular weight is 283 g/mol. The van der Waals surface area contributed by atoms with E-state index < -0.39 is 0 Å². The van der Waals surface area contributed by atoms with Crippen LogP contribution in [0.2, 0.25) is 0 Å². The van der Waals surface area contributed by atoms with Gasteiger partial charge in [0.2, 0.25) is 0 Å². The molecule has 1 saturated heterocycles. The van der Waals surface area contributed by atoms with Crippen LogP contribution in [0.5, 0.6) is 0 Å². The zero-order chi connectivity index (χ0) is 14.5. The second-order valence-corrected chi connectivity index (χ2v) is 5.97. The normalized spacial score (nSPS) is 16.2. The van der Waals surface area contributed by atoms with E-state index in [-0.39, 0.29) is 0 Å². The maximum Gasteiger partial charge on any atom is 0.0659 e. The third-order valence-electron chi connectivity index (χ3n) is 4.30. The number of hydrogen-bond donors (Lipinski definition) is 1. The molecule has 0 radical (unpaired) electrons. The van der Waals surface area contributed by atoms with E-state index in [2.05, 4.69) is 53.3 Å². The highest BCUT2D eigenvalue weighted by Crippen LogP contribution is 2.25. The number of nitrogens with zero attached hydrogens (tertiary/aromatic N) is 2. The van der Waals surface area contributed by atoms with Gasteiger partial charge in [-0.2, -0.15) is 5.10 Å². The van der Waals surface area contributed by atoms with Crippen LogP contribution in [-0.4, -0.2) is 22.9 Å². The summed E-state index contributed by atoms with van der Waals surface area (Å²) in [6.07, 6.45) is 4.55. The van der Waals surface area contributed by atoms with Crippen LogP contribution in [0.4, 0.5) is 0 Å². The van der Waals surface area contributed by atoms with Gasteiger partial charge in [-0.15, -0.1) is 0 Å². The first kappa shape index (κ1) is 14.3. The predicted molar refractivity (Wildman–Crippen MR) is 86.6 cm³/mol. The molecule has 2 aromatic rings. The Bertz CT molecular complexity index is 553. The van der Waals surface area contributed by atoms with Gasteiger partial charge < -0.3 is 5.32 Å². The second-order valence-electron chi connectivity index (χ2n) is 5.97. The third-order valence-corrected chi connectivity index (χ3v) is 4.30. The first-order chi connectivity index (χ1) is 10.4. The smallest absolute Gasteiger partial charge is 0.0659 e. The van der Waals surface area contributed by atoms with Crippen LogP contribution in [0.15, 0.2) is 36.4 Å². The summed E-state index contributed by atoms with van der Waals surface area (Å²) in [6, 6.07) is 13.1. The van der Waals surface area contributed by atoms with Crippen molar-refractivity contribution in [3.05, 3.63) is 53.3 Å². The lowest BCUT2D eigenvalue weighted by molar-refractivity contribution is 0.446. The van der Waals surface area contributed by atoms with Crippen molar-refractivity contribution in [3.63, 3.8) is 0 Å². The SMILES string of the molecule is CCCn1nc(C2CCNCC2)cc1Cc1ccccc1. The summed E-state index contributed by atoms with van der Waals surface area (Å²) in [4.78, 5) is 0. The number of nitrogens with one attached hydrogen (secondary N) is 1. The van der Waals surface area contributed by atoms with E-state index in [9.17, 15) is 0 Å². The fourth-order valence-corrected chi connectivity index (χ4v) is 3.15. The maximum atomic E-state index is 4.91. The number of aryl methyl sites for hydroxylation is 1. The van der Waals surface area contributed by atoms with Crippen molar-refractivity contribution in [2.24, 2.45) is 0 Å². The highest BCUT2D eigenvalue weighted by molar-refractivity contribution is 5.24. The Morgan fingerprint density at radius 2 is 1.95 bits per heavy atom. The zero-order valence-electron chi connectivity index (χ0n) is 12.9. The summed E-state index contributed by atoms with van der Waals surface area (Å²) in [5.74, 6) is 0.638. The van der Waals surface area contributed by atoms with Crippen LogP contribution in [-0.2, 0) is 13.0 Å². The van der Waals surface area contributed by atoms with E-state index in [1.165, 1.54) is 29.8 Å². The van der Waals surface area contributed by atoms with Gasteiger partial charge in [-0.3, -0.25) is 4.68 Å². The van der Waals surface area contributed by atoms with Gasteiger partial charge >= 0.3 is 0 Å². The highest BCUT2D eigenvalue weighted by Gasteiger charge is 2.19. The molecule has 0 aliphatic carbocycles. The molecule has 2 heterocycles. The molecule has 21 heavy (non-hydrogen) atoms. The summed E-state index contributed by atoms with van der Waals surface area (Å²) >= 11 is 0. The molecule has 0 saturated carbocycles. The topological polar surface area (TPSA) is 29.9 Å². The molecule has 0 atom stereocenters. The molecule has 1 aliphatic heterocycles. The second kappa shape index (κ2) is 6.90. The molecule has 112 valence electrons. The predicted octanol–water partition coefficient (Wildman–Crippen LogP) is 3.35. The first-order valence-electron chi connectivity index (χ1n) is 8.18. The molecule has 1 N–H and O–H groups in total. The molecule has 0 spiro atoms. The number of rotatable bonds is 5. The molecular weight excluding hydrogens is 258 g/mol. The number of aromatic nitrogens is 2. The van der Waals surface area contributed by atoms with E-state index in [1.54, 1.807) is 0 Å². The molecule has 3 rings (SSSR count). The van der Waals surface area contributed by atoms with Crippen LogP contribution in [0.3, 0.4) is 0 Å². The fourth-order valence-electron chi connectivity index (χ4n) is 3.15. The van der Waals surface area contributed by atoms with Crippen molar-refractivity contribution in [1.29, 1.82) is 0 Å². The number of hydrogen-bond acceptors (Lipinski definition) is 2. The minimum Gasteiger partial charge on any atom is -0.317 e. The highest BCUT2D eigenvalue weighted by atomic mass is 15.3. The van der Waals surface area contributed by atoms with Gasteiger partial charge in [0.25, 0.3) is 0 Å². The van der Waals surface area contributed by atoms with Gasteiger partial charge in [-0.1, -0.05) is 37.3 Å². The van der Waals surface area contributed by atoms with E-state index in [1.807, 2.05) is 0 Å². The van der Waals surface area contributed by atoms with Gasteiger partial charge in [0, 0.05) is 24.6 Å². The molecule has 0 unspecified atom stereocenters. The van der Waals surface area contributed by atoms with Crippen molar-refractivity contribution < 1.29 is 0 Å². The lowest BCUT2D eigenvalue weighted by Gasteiger charge is -2.20. The van der Waals surface area contributed by atoms with Gasteiger partial charge in [0.1, 0.15) is 0 Å². The van der Waals surface area contributed by atoms with Crippen LogP contribution < -0.4 is 5.32 Å².